The second-order valence-corrected chi connectivity index (χ2v) is 14.0. The van der Waals surface area contributed by atoms with E-state index in [0.717, 1.165) is 45.2 Å². The smallest absolute Gasteiger partial charge is 0.300 e. The van der Waals surface area contributed by atoms with E-state index in [-0.39, 0.29) is 24.3 Å². The molecule has 3 saturated carbocycles. The molecule has 4 fully saturated rings. The molecule has 7 unspecified atom stereocenters. The van der Waals surface area contributed by atoms with E-state index in [0.29, 0.717) is 37.3 Å². The average molecular weight is 527 g/mol. The molecule has 0 aromatic rings. The van der Waals surface area contributed by atoms with Crippen molar-refractivity contribution in [3.05, 3.63) is 0 Å². The molecule has 0 radical (unpaired) electrons. The molecule has 4 nitrogen and oxygen atoms in total. The highest BCUT2D eigenvalue weighted by Gasteiger charge is 2.47. The van der Waals surface area contributed by atoms with Crippen molar-refractivity contribution in [2.24, 2.45) is 17.8 Å². The Morgan fingerprint density at radius 1 is 0.941 bits per heavy atom. The van der Waals surface area contributed by atoms with Crippen LogP contribution in [-0.2, 0) is 10.0 Å². The topological polar surface area (TPSA) is 40.6 Å². The monoisotopic (exact) mass is 526 g/mol. The molecule has 0 aromatic heterocycles. The molecule has 4 rings (SSSR count). The maximum Gasteiger partial charge on any atom is 0.391 e. The minimum Gasteiger partial charge on any atom is -0.300 e. The molecule has 0 bridgehead atoms. The van der Waals surface area contributed by atoms with Crippen molar-refractivity contribution >= 4 is 21.6 Å². The molecule has 34 heavy (non-hydrogen) atoms. The van der Waals surface area contributed by atoms with Crippen LogP contribution in [0.3, 0.4) is 0 Å². The highest BCUT2D eigenvalue weighted by atomic mass is 35.5. The van der Waals surface area contributed by atoms with Gasteiger partial charge in [0.05, 0.1) is 11.2 Å². The van der Waals surface area contributed by atoms with E-state index < -0.39 is 27.4 Å². The second-order valence-electron chi connectivity index (χ2n) is 11.3. The van der Waals surface area contributed by atoms with Crippen LogP contribution in [0.4, 0.5) is 13.2 Å². The van der Waals surface area contributed by atoms with Crippen molar-refractivity contribution < 1.29 is 21.6 Å². The van der Waals surface area contributed by atoms with Gasteiger partial charge in [0.25, 0.3) is 0 Å². The first-order valence-electron chi connectivity index (χ1n) is 13.6. The van der Waals surface area contributed by atoms with Gasteiger partial charge in [-0.15, -0.1) is 11.6 Å². The van der Waals surface area contributed by atoms with Crippen molar-refractivity contribution in [2.75, 3.05) is 19.6 Å². The molecule has 0 amide bonds. The fourth-order valence-corrected chi connectivity index (χ4v) is 10.2. The number of likely N-dealkylation sites (tertiary alicyclic amines) is 1. The minimum atomic E-state index is -4.31. The summed E-state index contributed by atoms with van der Waals surface area (Å²) < 4.78 is 68.7. The van der Waals surface area contributed by atoms with Gasteiger partial charge in [-0.3, -0.25) is 0 Å². The first-order valence-corrected chi connectivity index (χ1v) is 15.5. The van der Waals surface area contributed by atoms with Gasteiger partial charge in [0, 0.05) is 30.6 Å². The quantitative estimate of drug-likeness (QED) is 0.387. The Labute approximate surface area is 209 Å². The fraction of sp³-hybridized carbons (Fsp3) is 1.00. The molecule has 4 aliphatic rings. The van der Waals surface area contributed by atoms with Crippen molar-refractivity contribution in [2.45, 2.75) is 119 Å². The Kier molecular flexibility index (Phi) is 8.85. The predicted octanol–water partition coefficient (Wildman–Crippen LogP) is 6.19. The molecule has 0 spiro atoms. The van der Waals surface area contributed by atoms with Gasteiger partial charge in [0.2, 0.25) is 10.0 Å². The average Bonchev–Trinajstić information content (AvgIpc) is 3.30. The van der Waals surface area contributed by atoms with Crippen LogP contribution < -0.4 is 0 Å². The predicted molar refractivity (Wildman–Crippen MR) is 130 cm³/mol. The van der Waals surface area contributed by atoms with Crippen LogP contribution in [0.15, 0.2) is 0 Å². The summed E-state index contributed by atoms with van der Waals surface area (Å²) >= 11 is 6.68. The van der Waals surface area contributed by atoms with E-state index in [4.69, 9.17) is 11.6 Å². The first-order chi connectivity index (χ1) is 16.1. The zero-order chi connectivity index (χ0) is 24.5. The van der Waals surface area contributed by atoms with Gasteiger partial charge in [-0.25, -0.2) is 8.42 Å². The number of hydrogen-bond acceptors (Lipinski definition) is 3. The number of hydrogen-bond donors (Lipinski definition) is 0. The number of halogens is 4. The molecular weight excluding hydrogens is 485 g/mol. The van der Waals surface area contributed by atoms with E-state index in [9.17, 15) is 21.6 Å². The van der Waals surface area contributed by atoms with Crippen molar-refractivity contribution in [1.29, 1.82) is 0 Å². The molecule has 198 valence electrons. The molecule has 1 aliphatic heterocycles. The summed E-state index contributed by atoms with van der Waals surface area (Å²) in [6.45, 7) is 4.28. The summed E-state index contributed by atoms with van der Waals surface area (Å²) in [5.74, 6) is -0.262. The van der Waals surface area contributed by atoms with Crippen LogP contribution in [-0.4, -0.2) is 66.1 Å². The Balaban J connectivity index is 1.39. The van der Waals surface area contributed by atoms with Gasteiger partial charge in [-0.05, 0) is 76.2 Å². The van der Waals surface area contributed by atoms with Gasteiger partial charge in [-0.2, -0.15) is 17.5 Å². The van der Waals surface area contributed by atoms with Gasteiger partial charge >= 0.3 is 6.18 Å². The normalized spacial score (nSPS) is 38.9. The minimum absolute atomic E-state index is 0.0490. The standard InChI is InChI=1S/C25H42ClF3N2O2S/c1-2-31(34(32,33)22-10-5-7-19(15-22)25(27,28)29)21-9-6-8-20(16-21)30-14-13-18(17-30)23-11-3-4-12-24(23)26/h18-24H,2-17H2,1H3. The molecule has 1 heterocycles. The van der Waals surface area contributed by atoms with Crippen LogP contribution in [0.5, 0.6) is 0 Å². The fourth-order valence-electron chi connectivity index (χ4n) is 7.42. The van der Waals surface area contributed by atoms with E-state index in [2.05, 4.69) is 4.90 Å². The summed E-state index contributed by atoms with van der Waals surface area (Å²) in [5.41, 5.74) is 0. The highest BCUT2D eigenvalue weighted by molar-refractivity contribution is 7.89. The van der Waals surface area contributed by atoms with E-state index >= 15 is 0 Å². The molecule has 1 saturated heterocycles. The van der Waals surface area contributed by atoms with Crippen molar-refractivity contribution in [3.8, 4) is 0 Å². The second kappa shape index (κ2) is 11.1. The van der Waals surface area contributed by atoms with E-state index in [1.807, 2.05) is 6.92 Å². The Bertz CT molecular complexity index is 781. The third-order valence-corrected chi connectivity index (χ3v) is 12.3. The summed E-state index contributed by atoms with van der Waals surface area (Å²) in [5, 5.41) is -0.620. The SMILES string of the molecule is CCN(C1CCCC(N2CCC(C3CCCCC3Cl)C2)C1)S(=O)(=O)C1CCCC(C(F)(F)F)C1. The van der Waals surface area contributed by atoms with Crippen LogP contribution in [0.25, 0.3) is 0 Å². The Morgan fingerprint density at radius 3 is 2.38 bits per heavy atom. The van der Waals surface area contributed by atoms with Crippen molar-refractivity contribution in [1.82, 2.24) is 9.21 Å². The molecular formula is C25H42ClF3N2O2S. The van der Waals surface area contributed by atoms with Gasteiger partial charge in [0.1, 0.15) is 0 Å². The first kappa shape index (κ1) is 27.0. The van der Waals surface area contributed by atoms with Gasteiger partial charge in [-0.1, -0.05) is 32.6 Å². The van der Waals surface area contributed by atoms with Crippen LogP contribution in [0.1, 0.15) is 90.4 Å². The van der Waals surface area contributed by atoms with E-state index in [1.165, 1.54) is 25.7 Å². The maximum absolute atomic E-state index is 13.5. The Hall–Kier alpha value is -0.0500. The maximum atomic E-state index is 13.5. The van der Waals surface area contributed by atoms with E-state index in [1.54, 1.807) is 4.31 Å². The summed E-state index contributed by atoms with van der Waals surface area (Å²) in [4.78, 5) is 2.57. The summed E-state index contributed by atoms with van der Waals surface area (Å²) in [7, 11) is -3.75. The lowest BCUT2D eigenvalue weighted by atomic mass is 9.79. The Morgan fingerprint density at radius 2 is 1.68 bits per heavy atom. The number of sulfonamides is 1. The summed E-state index contributed by atoms with van der Waals surface area (Å²) in [6.07, 6.45) is 5.80. The zero-order valence-corrected chi connectivity index (χ0v) is 22.1. The van der Waals surface area contributed by atoms with Crippen LogP contribution in [0, 0.1) is 17.8 Å². The summed E-state index contributed by atoms with van der Waals surface area (Å²) in [6, 6.07) is 0.258. The highest BCUT2D eigenvalue weighted by Crippen LogP contribution is 2.42. The van der Waals surface area contributed by atoms with Crippen molar-refractivity contribution in [3.63, 3.8) is 0 Å². The lowest BCUT2D eigenvalue weighted by Gasteiger charge is -2.42. The third kappa shape index (κ3) is 5.91. The molecule has 9 heteroatoms. The van der Waals surface area contributed by atoms with Gasteiger partial charge in [0.15, 0.2) is 0 Å². The largest absolute Gasteiger partial charge is 0.391 e. The molecule has 0 aromatic carbocycles. The molecule has 3 aliphatic carbocycles. The molecule has 0 N–H and O–H groups in total. The van der Waals surface area contributed by atoms with Crippen LogP contribution >= 0.6 is 11.6 Å². The van der Waals surface area contributed by atoms with Gasteiger partial charge < -0.3 is 4.90 Å². The van der Waals surface area contributed by atoms with Crippen LogP contribution in [0.2, 0.25) is 0 Å². The number of alkyl halides is 4. The third-order valence-electron chi connectivity index (χ3n) is 9.28. The number of rotatable bonds is 6. The molecule has 7 atom stereocenters. The zero-order valence-electron chi connectivity index (χ0n) is 20.5. The lowest BCUT2D eigenvalue weighted by Crippen LogP contribution is -2.51. The lowest BCUT2D eigenvalue weighted by molar-refractivity contribution is -0.181. The number of nitrogens with zero attached hydrogens (tertiary/aromatic N) is 2.